The molecule has 18 heavy (non-hydrogen) atoms. The van der Waals surface area contributed by atoms with Crippen molar-refractivity contribution in [2.45, 2.75) is 45.5 Å². The Balaban J connectivity index is 2.70. The third-order valence-electron chi connectivity index (χ3n) is 2.73. The molecule has 0 radical (unpaired) electrons. The Morgan fingerprint density at radius 2 is 1.83 bits per heavy atom. The first-order valence-corrected chi connectivity index (χ1v) is 5.57. The van der Waals surface area contributed by atoms with Crippen LogP contribution in [0.2, 0.25) is 0 Å². The van der Waals surface area contributed by atoms with E-state index in [1.807, 2.05) is 0 Å². The highest BCUT2D eigenvalue weighted by molar-refractivity contribution is 5.66. The van der Waals surface area contributed by atoms with Crippen molar-refractivity contribution in [2.24, 2.45) is 5.92 Å². The lowest BCUT2D eigenvalue weighted by Gasteiger charge is -2.38. The van der Waals surface area contributed by atoms with Crippen LogP contribution in [0.1, 0.15) is 20.8 Å². The van der Waals surface area contributed by atoms with E-state index in [1.54, 1.807) is 6.92 Å². The SMILES string of the molecule is CC(=O)OC[C@H]1OC(F)[C@H](F)[C@@H](OC(C)=O)[C@H]1C. The summed E-state index contributed by atoms with van der Waals surface area (Å²) >= 11 is 0. The lowest BCUT2D eigenvalue weighted by atomic mass is 9.92. The molecule has 7 heteroatoms. The first kappa shape index (κ1) is 14.8. The number of ether oxygens (including phenoxy) is 3. The molecular formula is C11H16F2O5. The molecule has 1 aliphatic rings. The van der Waals surface area contributed by atoms with Crippen LogP contribution in [0, 0.1) is 5.92 Å². The minimum absolute atomic E-state index is 0.207. The van der Waals surface area contributed by atoms with Crippen LogP contribution in [0.15, 0.2) is 0 Å². The Morgan fingerprint density at radius 3 is 2.33 bits per heavy atom. The van der Waals surface area contributed by atoms with Gasteiger partial charge in [0.1, 0.15) is 18.8 Å². The largest absolute Gasteiger partial charge is 0.463 e. The number of alkyl halides is 2. The molecule has 0 N–H and O–H groups in total. The van der Waals surface area contributed by atoms with E-state index in [9.17, 15) is 18.4 Å². The van der Waals surface area contributed by atoms with Crippen molar-refractivity contribution < 1.29 is 32.6 Å². The van der Waals surface area contributed by atoms with Gasteiger partial charge < -0.3 is 14.2 Å². The number of halogens is 2. The predicted molar refractivity (Wildman–Crippen MR) is 56.0 cm³/mol. The summed E-state index contributed by atoms with van der Waals surface area (Å²) in [7, 11) is 0. The van der Waals surface area contributed by atoms with Gasteiger partial charge in [-0.15, -0.1) is 0 Å². The number of hydrogen-bond acceptors (Lipinski definition) is 5. The molecule has 0 saturated carbocycles. The van der Waals surface area contributed by atoms with E-state index in [4.69, 9.17) is 14.2 Å². The second-order valence-corrected chi connectivity index (χ2v) is 4.21. The lowest BCUT2D eigenvalue weighted by molar-refractivity contribution is -0.235. The Hall–Kier alpha value is -1.24. The molecule has 0 aromatic heterocycles. The number of esters is 2. The first-order valence-electron chi connectivity index (χ1n) is 5.57. The maximum atomic E-state index is 13.5. The highest BCUT2D eigenvalue weighted by Gasteiger charge is 2.46. The van der Waals surface area contributed by atoms with Gasteiger partial charge in [0.2, 0.25) is 6.36 Å². The quantitative estimate of drug-likeness (QED) is 0.717. The summed E-state index contributed by atoms with van der Waals surface area (Å²) in [6.45, 7) is 3.65. The van der Waals surface area contributed by atoms with Gasteiger partial charge in [0.15, 0.2) is 6.17 Å². The minimum atomic E-state index is -2.20. The molecule has 1 rings (SSSR count). The van der Waals surface area contributed by atoms with Gasteiger partial charge in [-0.25, -0.2) is 8.78 Å². The van der Waals surface area contributed by atoms with Crippen LogP contribution < -0.4 is 0 Å². The molecule has 5 nitrogen and oxygen atoms in total. The molecule has 104 valence electrons. The molecule has 0 bridgehead atoms. The summed E-state index contributed by atoms with van der Waals surface area (Å²) in [6, 6.07) is 0. The first-order chi connectivity index (χ1) is 8.32. The van der Waals surface area contributed by atoms with E-state index in [1.165, 1.54) is 6.92 Å². The molecule has 0 amide bonds. The summed E-state index contributed by atoms with van der Waals surface area (Å²) in [5.74, 6) is -1.86. The minimum Gasteiger partial charge on any atom is -0.463 e. The van der Waals surface area contributed by atoms with E-state index >= 15 is 0 Å². The molecule has 0 spiro atoms. The van der Waals surface area contributed by atoms with Gasteiger partial charge in [-0.1, -0.05) is 6.92 Å². The van der Waals surface area contributed by atoms with E-state index < -0.39 is 42.6 Å². The summed E-state index contributed by atoms with van der Waals surface area (Å²) in [5, 5.41) is 0. The fraction of sp³-hybridized carbons (Fsp3) is 0.818. The summed E-state index contributed by atoms with van der Waals surface area (Å²) < 4.78 is 41.0. The van der Waals surface area contributed by atoms with E-state index in [2.05, 4.69) is 0 Å². The standard InChI is InChI=1S/C11H16F2O5/c1-5-8(4-16-6(2)14)18-11(13)9(12)10(5)17-7(3)15/h5,8-11H,4H2,1-3H3/t5-,8+,9+,10-,11?/m0/s1. The summed E-state index contributed by atoms with van der Waals surface area (Å²) in [5.41, 5.74) is 0. The van der Waals surface area contributed by atoms with Crippen molar-refractivity contribution in [3.63, 3.8) is 0 Å². The fourth-order valence-electron chi connectivity index (χ4n) is 1.77. The van der Waals surface area contributed by atoms with Gasteiger partial charge in [0, 0.05) is 19.8 Å². The normalized spacial score (nSPS) is 35.9. The van der Waals surface area contributed by atoms with Crippen LogP contribution in [-0.4, -0.2) is 43.3 Å². The Labute approximate surface area is 103 Å². The average molecular weight is 266 g/mol. The van der Waals surface area contributed by atoms with Gasteiger partial charge in [0.05, 0.1) is 0 Å². The second kappa shape index (κ2) is 6.08. The molecular weight excluding hydrogens is 250 g/mol. The van der Waals surface area contributed by atoms with E-state index in [0.717, 1.165) is 6.92 Å². The molecule has 0 aromatic carbocycles. The molecule has 1 heterocycles. The van der Waals surface area contributed by atoms with Crippen molar-refractivity contribution in [3.8, 4) is 0 Å². The lowest BCUT2D eigenvalue weighted by Crippen LogP contribution is -2.53. The number of carbonyl (C=O) groups is 2. The zero-order chi connectivity index (χ0) is 13.9. The second-order valence-electron chi connectivity index (χ2n) is 4.21. The smallest absolute Gasteiger partial charge is 0.303 e. The Kier molecular flexibility index (Phi) is 5.01. The van der Waals surface area contributed by atoms with E-state index in [0.29, 0.717) is 0 Å². The third kappa shape index (κ3) is 3.63. The van der Waals surface area contributed by atoms with Crippen LogP contribution >= 0.6 is 0 Å². The highest BCUT2D eigenvalue weighted by Crippen LogP contribution is 2.31. The monoisotopic (exact) mass is 266 g/mol. The highest BCUT2D eigenvalue weighted by atomic mass is 19.2. The maximum absolute atomic E-state index is 13.5. The predicted octanol–water partition coefficient (Wildman–Crippen LogP) is 1.15. The summed E-state index contributed by atoms with van der Waals surface area (Å²) in [4.78, 5) is 21.5. The molecule has 5 atom stereocenters. The van der Waals surface area contributed by atoms with Crippen LogP contribution in [-0.2, 0) is 23.8 Å². The fourth-order valence-corrected chi connectivity index (χ4v) is 1.77. The van der Waals surface area contributed by atoms with Gasteiger partial charge in [-0.05, 0) is 0 Å². The number of rotatable bonds is 3. The van der Waals surface area contributed by atoms with Crippen molar-refractivity contribution in [1.29, 1.82) is 0 Å². The number of hydrogen-bond donors (Lipinski definition) is 0. The van der Waals surface area contributed by atoms with Crippen LogP contribution in [0.4, 0.5) is 8.78 Å². The molecule has 1 fully saturated rings. The molecule has 1 unspecified atom stereocenters. The Morgan fingerprint density at radius 1 is 1.22 bits per heavy atom. The molecule has 0 aliphatic carbocycles. The van der Waals surface area contributed by atoms with Crippen molar-refractivity contribution in [2.75, 3.05) is 6.61 Å². The molecule has 0 aromatic rings. The summed E-state index contributed by atoms with van der Waals surface area (Å²) in [6.07, 6.45) is -6.34. The van der Waals surface area contributed by atoms with Crippen molar-refractivity contribution in [1.82, 2.24) is 0 Å². The Bertz CT molecular complexity index is 323. The van der Waals surface area contributed by atoms with Crippen molar-refractivity contribution in [3.05, 3.63) is 0 Å². The molecule has 1 aliphatic heterocycles. The third-order valence-corrected chi connectivity index (χ3v) is 2.73. The van der Waals surface area contributed by atoms with Crippen molar-refractivity contribution >= 4 is 11.9 Å². The van der Waals surface area contributed by atoms with Gasteiger partial charge in [-0.3, -0.25) is 9.59 Å². The van der Waals surface area contributed by atoms with Crippen LogP contribution in [0.3, 0.4) is 0 Å². The maximum Gasteiger partial charge on any atom is 0.303 e. The average Bonchev–Trinajstić information content (AvgIpc) is 2.27. The topological polar surface area (TPSA) is 61.8 Å². The molecule has 1 saturated heterocycles. The zero-order valence-electron chi connectivity index (χ0n) is 10.4. The van der Waals surface area contributed by atoms with Gasteiger partial charge in [-0.2, -0.15) is 0 Å². The van der Waals surface area contributed by atoms with Crippen LogP contribution in [0.5, 0.6) is 0 Å². The zero-order valence-corrected chi connectivity index (χ0v) is 10.4. The van der Waals surface area contributed by atoms with Gasteiger partial charge in [0.25, 0.3) is 0 Å². The van der Waals surface area contributed by atoms with E-state index in [-0.39, 0.29) is 6.61 Å². The van der Waals surface area contributed by atoms with Crippen LogP contribution in [0.25, 0.3) is 0 Å². The number of carbonyl (C=O) groups excluding carboxylic acids is 2. The van der Waals surface area contributed by atoms with Gasteiger partial charge >= 0.3 is 11.9 Å².